The van der Waals surface area contributed by atoms with E-state index in [1.54, 1.807) is 39.3 Å². The van der Waals surface area contributed by atoms with E-state index in [2.05, 4.69) is 0 Å². The minimum atomic E-state index is -4.38. The fourth-order valence-electron chi connectivity index (χ4n) is 0.620. The van der Waals surface area contributed by atoms with Crippen molar-refractivity contribution in [3.63, 3.8) is 0 Å². The quantitative estimate of drug-likeness (QED) is 0.556. The van der Waals surface area contributed by atoms with Crippen molar-refractivity contribution in [3.8, 4) is 0 Å². The van der Waals surface area contributed by atoms with E-state index in [1.165, 1.54) is 0 Å². The van der Waals surface area contributed by atoms with E-state index >= 15 is 0 Å². The molecule has 0 aliphatic heterocycles. The predicted octanol–water partition coefficient (Wildman–Crippen LogP) is 4.52. The highest BCUT2D eigenvalue weighted by molar-refractivity contribution is 7.51. The Kier molecular flexibility index (Phi) is 5.02. The summed E-state index contributed by atoms with van der Waals surface area (Å²) >= 11 is 0. The van der Waals surface area contributed by atoms with Crippen molar-refractivity contribution in [1.82, 2.24) is 0 Å². The second kappa shape index (κ2) is 4.83. The van der Waals surface area contributed by atoms with Crippen LogP contribution in [0.1, 0.15) is 0 Å². The summed E-state index contributed by atoms with van der Waals surface area (Å²) in [4.78, 5) is 0. The van der Waals surface area contributed by atoms with E-state index in [0.717, 1.165) is 0 Å². The Morgan fingerprint density at radius 1 is 0.800 bits per heavy atom. The zero-order valence-electron chi connectivity index (χ0n) is 9.90. The van der Waals surface area contributed by atoms with Gasteiger partial charge in [-0.15, -0.1) is 0 Å². The number of hydrogen-bond donors (Lipinski definition) is 0. The Balaban J connectivity index is 4.62. The van der Waals surface area contributed by atoms with E-state index in [0.29, 0.717) is 0 Å². The average Bonchev–Trinajstić information content (AvgIpc) is 1.75. The average molecular weight is 278 g/mol. The van der Waals surface area contributed by atoms with Crippen molar-refractivity contribution in [2.45, 2.75) is 45.2 Å². The summed E-state index contributed by atoms with van der Waals surface area (Å²) in [6.45, 7) is 10.3. The summed E-state index contributed by atoms with van der Waals surface area (Å²) in [5.41, 5.74) is 0. The second-order valence-electron chi connectivity index (χ2n) is 5.13. The molecule has 0 aliphatic rings. The van der Waals surface area contributed by atoms with E-state index in [9.17, 15) is 13.2 Å². The van der Waals surface area contributed by atoms with Crippen LogP contribution in [0.25, 0.3) is 0 Å². The van der Waals surface area contributed by atoms with Crippen molar-refractivity contribution < 1.29 is 21.6 Å². The standard InChI is InChI=1S/C7H18F3O2PSi2/c1-14(2,3)11-13(7(8,9)10)12-15(4,5)6/h1-6H3. The summed E-state index contributed by atoms with van der Waals surface area (Å²) in [7, 11) is -7.20. The third-order valence-electron chi connectivity index (χ3n) is 0.921. The molecule has 0 saturated heterocycles. The molecule has 92 valence electrons. The smallest absolute Gasteiger partial charge is 0.370 e. The Morgan fingerprint density at radius 3 is 1.20 bits per heavy atom. The molecule has 0 rings (SSSR count). The number of hydrogen-bond acceptors (Lipinski definition) is 2. The lowest BCUT2D eigenvalue weighted by Crippen LogP contribution is -2.31. The first-order valence-corrected chi connectivity index (χ1v) is 12.6. The monoisotopic (exact) mass is 278 g/mol. The number of halogens is 3. The Bertz CT molecular complexity index is 194. The fraction of sp³-hybridized carbons (Fsp3) is 1.00. The van der Waals surface area contributed by atoms with E-state index in [-0.39, 0.29) is 0 Å². The molecule has 0 saturated carbocycles. The predicted molar refractivity (Wildman–Crippen MR) is 61.8 cm³/mol. The van der Waals surface area contributed by atoms with Gasteiger partial charge >= 0.3 is 5.92 Å². The van der Waals surface area contributed by atoms with Gasteiger partial charge in [-0.05, 0) is 39.3 Å². The molecule has 0 amide bonds. The van der Waals surface area contributed by atoms with Gasteiger partial charge in [0.15, 0.2) is 16.6 Å². The van der Waals surface area contributed by atoms with Crippen LogP contribution in [0.15, 0.2) is 0 Å². The first-order valence-electron chi connectivity index (χ1n) is 4.56. The summed E-state index contributed by atoms with van der Waals surface area (Å²) in [5.74, 6) is -4.38. The highest BCUT2D eigenvalue weighted by atomic mass is 31.2. The minimum absolute atomic E-state index is 1.72. The third kappa shape index (κ3) is 8.39. The maximum atomic E-state index is 12.6. The molecule has 0 aliphatic carbocycles. The minimum Gasteiger partial charge on any atom is -0.370 e. The second-order valence-corrected chi connectivity index (χ2v) is 16.1. The highest BCUT2D eigenvalue weighted by Gasteiger charge is 2.47. The Hall–Kier alpha value is 0.574. The van der Waals surface area contributed by atoms with Crippen LogP contribution in [-0.4, -0.2) is 22.6 Å². The Labute approximate surface area is 92.3 Å². The van der Waals surface area contributed by atoms with Crippen LogP contribution in [0.3, 0.4) is 0 Å². The zero-order chi connectivity index (χ0) is 12.5. The normalized spacial score (nSPS) is 14.8. The fourth-order valence-corrected chi connectivity index (χ4v) is 5.91. The molecule has 2 nitrogen and oxygen atoms in total. The maximum Gasteiger partial charge on any atom is 0.456 e. The maximum absolute atomic E-state index is 12.6. The van der Waals surface area contributed by atoms with Gasteiger partial charge < -0.3 is 8.43 Å². The first kappa shape index (κ1) is 15.6. The van der Waals surface area contributed by atoms with Crippen molar-refractivity contribution >= 4 is 25.0 Å². The number of alkyl halides is 3. The van der Waals surface area contributed by atoms with Crippen molar-refractivity contribution in [2.75, 3.05) is 0 Å². The van der Waals surface area contributed by atoms with Crippen LogP contribution in [0, 0.1) is 0 Å². The molecule has 0 unspecified atom stereocenters. The van der Waals surface area contributed by atoms with Gasteiger partial charge in [-0.3, -0.25) is 0 Å². The molecule has 0 bridgehead atoms. The summed E-state index contributed by atoms with van der Waals surface area (Å²) in [6.07, 6.45) is 0. The van der Waals surface area contributed by atoms with Crippen molar-refractivity contribution in [1.29, 1.82) is 0 Å². The lowest BCUT2D eigenvalue weighted by molar-refractivity contribution is -0.0541. The summed E-state index contributed by atoms with van der Waals surface area (Å²) in [6, 6.07) is 0. The summed E-state index contributed by atoms with van der Waals surface area (Å²) in [5, 5.41) is 0. The SMILES string of the molecule is C[Si](C)(C)OP(O[Si](C)(C)C)C(F)(F)F. The van der Waals surface area contributed by atoms with Gasteiger partial charge in [-0.2, -0.15) is 13.2 Å². The Morgan fingerprint density at radius 2 is 1.07 bits per heavy atom. The third-order valence-corrected chi connectivity index (χ3v) is 7.04. The lowest BCUT2D eigenvalue weighted by Gasteiger charge is -2.31. The molecule has 0 heterocycles. The van der Waals surface area contributed by atoms with Crippen LogP contribution in [0.4, 0.5) is 13.2 Å². The van der Waals surface area contributed by atoms with Gasteiger partial charge in [-0.25, -0.2) is 0 Å². The van der Waals surface area contributed by atoms with Gasteiger partial charge in [0.1, 0.15) is 0 Å². The molecule has 15 heavy (non-hydrogen) atoms. The summed E-state index contributed by atoms with van der Waals surface area (Å²) < 4.78 is 48.0. The topological polar surface area (TPSA) is 18.5 Å². The van der Waals surface area contributed by atoms with Gasteiger partial charge in [0.25, 0.3) is 8.38 Å². The molecular weight excluding hydrogens is 260 g/mol. The molecule has 8 heteroatoms. The largest absolute Gasteiger partial charge is 0.456 e. The van der Waals surface area contributed by atoms with Crippen LogP contribution in [-0.2, 0) is 8.43 Å². The lowest BCUT2D eigenvalue weighted by atomic mass is 11.6. The van der Waals surface area contributed by atoms with Gasteiger partial charge in [0.2, 0.25) is 0 Å². The molecular formula is C7H18F3O2PSi2. The molecule has 0 atom stereocenters. The van der Waals surface area contributed by atoms with Gasteiger partial charge in [0.05, 0.1) is 0 Å². The van der Waals surface area contributed by atoms with Crippen LogP contribution < -0.4 is 0 Å². The molecule has 0 aromatic heterocycles. The molecule has 0 radical (unpaired) electrons. The molecule has 0 N–H and O–H groups in total. The van der Waals surface area contributed by atoms with E-state index < -0.39 is 30.9 Å². The molecule has 0 fully saturated rings. The van der Waals surface area contributed by atoms with E-state index in [4.69, 9.17) is 8.43 Å². The first-order chi connectivity index (χ1) is 6.31. The van der Waals surface area contributed by atoms with Crippen molar-refractivity contribution in [2.24, 2.45) is 0 Å². The van der Waals surface area contributed by atoms with E-state index in [1.807, 2.05) is 0 Å². The van der Waals surface area contributed by atoms with Crippen molar-refractivity contribution in [3.05, 3.63) is 0 Å². The van der Waals surface area contributed by atoms with Crippen LogP contribution >= 0.6 is 8.38 Å². The zero-order valence-corrected chi connectivity index (χ0v) is 12.8. The van der Waals surface area contributed by atoms with Crippen LogP contribution in [0.5, 0.6) is 0 Å². The van der Waals surface area contributed by atoms with Gasteiger partial charge in [-0.1, -0.05) is 0 Å². The number of rotatable bonds is 4. The highest BCUT2D eigenvalue weighted by Crippen LogP contribution is 2.57. The van der Waals surface area contributed by atoms with Crippen LogP contribution in [0.2, 0.25) is 39.3 Å². The molecule has 0 spiro atoms. The van der Waals surface area contributed by atoms with Gasteiger partial charge in [0, 0.05) is 0 Å². The molecule has 0 aromatic carbocycles. The molecule has 0 aromatic rings.